The molecule has 2 atom stereocenters. The number of nitrogens with zero attached hydrogens (tertiary/aromatic N) is 6. The number of rotatable bonds is 2. The quantitative estimate of drug-likeness (QED) is 0.454. The van der Waals surface area contributed by atoms with Crippen LogP contribution in [0.4, 0.5) is 19.7 Å². The molecule has 3 aliphatic rings. The summed E-state index contributed by atoms with van der Waals surface area (Å²) in [4.78, 5) is 18.0. The molecule has 0 radical (unpaired) electrons. The minimum absolute atomic E-state index is 0.0970. The molecule has 4 aromatic rings. The van der Waals surface area contributed by atoms with E-state index in [2.05, 4.69) is 31.8 Å². The molecule has 2 saturated heterocycles. The van der Waals surface area contributed by atoms with Gasteiger partial charge in [0.2, 0.25) is 5.95 Å². The molecule has 0 amide bonds. The number of thiophene rings is 1. The highest BCUT2D eigenvalue weighted by Crippen LogP contribution is 2.45. The van der Waals surface area contributed by atoms with Crippen molar-refractivity contribution in [3.05, 3.63) is 40.7 Å². The Bertz CT molecular complexity index is 1610. The van der Waals surface area contributed by atoms with Gasteiger partial charge >= 0.3 is 0 Å². The van der Waals surface area contributed by atoms with Crippen molar-refractivity contribution in [2.45, 2.75) is 31.7 Å². The number of piperazine rings is 1. The Balaban J connectivity index is 1.49. The maximum absolute atomic E-state index is 16.4. The van der Waals surface area contributed by atoms with Crippen LogP contribution in [-0.2, 0) is 18.0 Å². The number of benzene rings is 1. The van der Waals surface area contributed by atoms with Crippen molar-refractivity contribution in [3.63, 3.8) is 0 Å². The molecule has 0 saturated carbocycles. The lowest BCUT2D eigenvalue weighted by Gasteiger charge is -2.32. The molecule has 2 bridgehead atoms. The second-order valence-corrected chi connectivity index (χ2v) is 10.4. The molecule has 0 spiro atoms. The zero-order valence-electron chi connectivity index (χ0n) is 18.7. The van der Waals surface area contributed by atoms with Crippen molar-refractivity contribution in [3.8, 4) is 17.3 Å². The molecule has 3 aromatic heterocycles. The molecule has 8 nitrogen and oxygen atoms in total. The molecule has 3 aliphatic heterocycles. The topological polar surface area (TPSA) is 104 Å². The summed E-state index contributed by atoms with van der Waals surface area (Å²) in [6.07, 6.45) is 3.76. The minimum atomic E-state index is -0.602. The number of likely N-dealkylation sites (tertiary alicyclic amines) is 1. The van der Waals surface area contributed by atoms with E-state index in [1.54, 1.807) is 6.20 Å². The lowest BCUT2D eigenvalue weighted by atomic mass is 9.94. The Morgan fingerprint density at radius 3 is 2.74 bits per heavy atom. The van der Waals surface area contributed by atoms with Crippen molar-refractivity contribution in [2.75, 3.05) is 30.8 Å². The Morgan fingerprint density at radius 1 is 1.17 bits per heavy atom. The summed E-state index contributed by atoms with van der Waals surface area (Å²) in [6, 6.07) is 2.78. The number of anilines is 2. The minimum Gasteiger partial charge on any atom is -0.389 e. The molecular formula is C24H19F2N7OS. The van der Waals surface area contributed by atoms with Gasteiger partial charge in [0.05, 0.1) is 35.4 Å². The van der Waals surface area contributed by atoms with Crippen LogP contribution in [0.15, 0.2) is 12.4 Å². The first-order valence-electron chi connectivity index (χ1n) is 11.3. The lowest BCUT2D eigenvalue weighted by Crippen LogP contribution is -2.45. The van der Waals surface area contributed by atoms with Gasteiger partial charge in [-0.2, -0.15) is 5.26 Å². The van der Waals surface area contributed by atoms with Gasteiger partial charge < -0.3 is 15.4 Å². The number of nitrogens with two attached hydrogens (primary N) is 1. The SMILES string of the molecule is CN1C[C@H]2C[C@@H]1CN2c1ncc2c3c(c(-c4ncc(F)c5sc(N)c(C#N)c45)c(F)c2n1)COC3. The van der Waals surface area contributed by atoms with Crippen LogP contribution in [0.1, 0.15) is 23.1 Å². The summed E-state index contributed by atoms with van der Waals surface area (Å²) in [5.74, 6) is -0.685. The van der Waals surface area contributed by atoms with E-state index in [9.17, 15) is 9.65 Å². The normalized spacial score (nSPS) is 21.4. The molecule has 6 heterocycles. The molecular weight excluding hydrogens is 472 g/mol. The molecule has 176 valence electrons. The van der Waals surface area contributed by atoms with Gasteiger partial charge in [-0.1, -0.05) is 0 Å². The van der Waals surface area contributed by atoms with Crippen LogP contribution in [-0.4, -0.2) is 52.1 Å². The van der Waals surface area contributed by atoms with Gasteiger partial charge in [0.1, 0.15) is 16.6 Å². The number of nitriles is 1. The van der Waals surface area contributed by atoms with Crippen molar-refractivity contribution < 1.29 is 13.5 Å². The summed E-state index contributed by atoms with van der Waals surface area (Å²) in [6.45, 7) is 2.17. The number of fused-ring (bicyclic) bond motifs is 6. The molecule has 35 heavy (non-hydrogen) atoms. The van der Waals surface area contributed by atoms with Crippen LogP contribution in [0, 0.1) is 23.0 Å². The molecule has 0 unspecified atom stereocenters. The van der Waals surface area contributed by atoms with Crippen LogP contribution >= 0.6 is 11.3 Å². The second-order valence-electron chi connectivity index (χ2n) is 9.32. The van der Waals surface area contributed by atoms with E-state index in [1.165, 1.54) is 0 Å². The first kappa shape index (κ1) is 20.9. The number of likely N-dealkylation sites (N-methyl/N-ethyl adjacent to an activating group) is 1. The Kier molecular flexibility index (Phi) is 4.34. The number of hydrogen-bond donors (Lipinski definition) is 1. The number of nitrogen functional groups attached to an aromatic ring is 1. The van der Waals surface area contributed by atoms with E-state index < -0.39 is 11.6 Å². The van der Waals surface area contributed by atoms with Crippen molar-refractivity contribution in [1.82, 2.24) is 19.9 Å². The molecule has 1 aromatic carbocycles. The predicted molar refractivity (Wildman–Crippen MR) is 128 cm³/mol. The third-order valence-corrected chi connectivity index (χ3v) is 8.53. The Hall–Kier alpha value is -3.46. The van der Waals surface area contributed by atoms with E-state index in [4.69, 9.17) is 10.5 Å². The number of halogens is 2. The van der Waals surface area contributed by atoms with Gasteiger partial charge in [0, 0.05) is 47.7 Å². The average Bonchev–Trinajstić information content (AvgIpc) is 3.63. The van der Waals surface area contributed by atoms with E-state index in [1.807, 2.05) is 6.07 Å². The van der Waals surface area contributed by atoms with Crippen molar-refractivity contribution in [1.29, 1.82) is 5.26 Å². The standard InChI is InChI=1S/C24H19F2N7OS/c1-32-6-11-2-10(32)7-33(11)24-30-4-13-14-8-34-9-15(14)17(19(26)20(13)31-24)21-18-12(3-27)23(28)35-22(18)16(25)5-29-21/h4-5,10-11H,2,6-9,28H2,1H3/t10-,11-/m1/s1. The smallest absolute Gasteiger partial charge is 0.226 e. The molecule has 7 rings (SSSR count). The first-order valence-corrected chi connectivity index (χ1v) is 12.1. The Labute approximate surface area is 202 Å². The van der Waals surface area contributed by atoms with Gasteiger partial charge in [-0.3, -0.25) is 9.88 Å². The van der Waals surface area contributed by atoms with Crippen LogP contribution < -0.4 is 10.6 Å². The number of aromatic nitrogens is 3. The molecule has 2 fully saturated rings. The number of ether oxygens (including phenoxy) is 1. The first-order chi connectivity index (χ1) is 17.0. The van der Waals surface area contributed by atoms with Crippen LogP contribution in [0.25, 0.3) is 32.2 Å². The lowest BCUT2D eigenvalue weighted by molar-refractivity contribution is 0.135. The van der Waals surface area contributed by atoms with Crippen LogP contribution in [0.2, 0.25) is 0 Å². The summed E-state index contributed by atoms with van der Waals surface area (Å²) in [5.41, 5.74) is 8.02. The van der Waals surface area contributed by atoms with Crippen molar-refractivity contribution >= 4 is 43.3 Å². The van der Waals surface area contributed by atoms with Gasteiger partial charge in [-0.25, -0.2) is 18.7 Å². The second kappa shape index (κ2) is 7.27. The third kappa shape index (κ3) is 2.78. The fourth-order valence-corrected chi connectivity index (χ4v) is 6.71. The number of pyridine rings is 1. The summed E-state index contributed by atoms with van der Waals surface area (Å²) < 4.78 is 36.9. The largest absolute Gasteiger partial charge is 0.389 e. The zero-order chi connectivity index (χ0) is 24.0. The van der Waals surface area contributed by atoms with E-state index >= 15 is 4.39 Å². The van der Waals surface area contributed by atoms with Gasteiger partial charge in [0.25, 0.3) is 0 Å². The predicted octanol–water partition coefficient (Wildman–Crippen LogP) is 3.56. The summed E-state index contributed by atoms with van der Waals surface area (Å²) in [5, 5.41) is 10.7. The highest BCUT2D eigenvalue weighted by atomic mass is 32.1. The van der Waals surface area contributed by atoms with Crippen molar-refractivity contribution in [2.24, 2.45) is 0 Å². The molecule has 2 N–H and O–H groups in total. The summed E-state index contributed by atoms with van der Waals surface area (Å²) >= 11 is 0.958. The van der Waals surface area contributed by atoms with Crippen LogP contribution in [0.3, 0.4) is 0 Å². The van der Waals surface area contributed by atoms with Gasteiger partial charge in [-0.15, -0.1) is 11.3 Å². The summed E-state index contributed by atoms with van der Waals surface area (Å²) in [7, 11) is 2.11. The van der Waals surface area contributed by atoms with Crippen LogP contribution in [0.5, 0.6) is 0 Å². The monoisotopic (exact) mass is 491 g/mol. The molecule has 0 aliphatic carbocycles. The number of hydrogen-bond acceptors (Lipinski definition) is 9. The molecule has 11 heteroatoms. The van der Waals surface area contributed by atoms with E-state index in [0.717, 1.165) is 42.6 Å². The van der Waals surface area contributed by atoms with E-state index in [0.29, 0.717) is 29.0 Å². The van der Waals surface area contributed by atoms with Gasteiger partial charge in [-0.05, 0) is 24.6 Å². The zero-order valence-corrected chi connectivity index (χ0v) is 19.5. The van der Waals surface area contributed by atoms with E-state index in [-0.39, 0.29) is 50.6 Å². The maximum Gasteiger partial charge on any atom is 0.226 e. The fraction of sp³-hybridized carbons (Fsp3) is 0.333. The fourth-order valence-electron chi connectivity index (χ4n) is 5.79. The maximum atomic E-state index is 16.4. The van der Waals surface area contributed by atoms with Gasteiger partial charge in [0.15, 0.2) is 11.6 Å². The Morgan fingerprint density at radius 2 is 2.00 bits per heavy atom. The highest BCUT2D eigenvalue weighted by molar-refractivity contribution is 7.23. The average molecular weight is 492 g/mol. The third-order valence-electron chi connectivity index (χ3n) is 7.50. The highest BCUT2D eigenvalue weighted by Gasteiger charge is 2.42.